The summed E-state index contributed by atoms with van der Waals surface area (Å²) in [7, 11) is 1.47. The van der Waals surface area contributed by atoms with Crippen molar-refractivity contribution in [3.63, 3.8) is 0 Å². The Balaban J connectivity index is 1.68. The van der Waals surface area contributed by atoms with E-state index in [0.717, 1.165) is 6.08 Å². The van der Waals surface area contributed by atoms with Gasteiger partial charge in [-0.25, -0.2) is 9.59 Å². The van der Waals surface area contributed by atoms with Crippen LogP contribution in [0.3, 0.4) is 0 Å². The zero-order valence-corrected chi connectivity index (χ0v) is 19.4. The number of hydrogen-bond donors (Lipinski definition) is 6. The van der Waals surface area contributed by atoms with Crippen molar-refractivity contribution in [2.24, 2.45) is 0 Å². The van der Waals surface area contributed by atoms with Gasteiger partial charge in [-0.05, 0) is 23.8 Å². The molecular weight excluding hydrogens is 484 g/mol. The summed E-state index contributed by atoms with van der Waals surface area (Å²) in [6, 6.07) is 6.28. The average molecular weight is 514 g/mol. The van der Waals surface area contributed by atoms with Gasteiger partial charge in [0, 0.05) is 0 Å². The number of methoxy groups -OCH3 is 1. The number of rotatable bonds is 10. The lowest BCUT2D eigenvalue weighted by Gasteiger charge is -2.22. The summed E-state index contributed by atoms with van der Waals surface area (Å²) in [6.45, 7) is -1.73. The standard InChI is InChI=1S/C23H30O13/c1-32-12-4-2-11(3-5-12)6-13(22(30)35-9-16(26)20-18(28)14(24)7-33-20)23(31)36-10-17(27)21-19(29)15(25)8-34-21/h2-6,14-21,24-29H,7-10H2,1H3. The van der Waals surface area contributed by atoms with E-state index in [9.17, 15) is 40.2 Å². The topological polar surface area (TPSA) is 202 Å². The maximum Gasteiger partial charge on any atom is 0.345 e. The van der Waals surface area contributed by atoms with Gasteiger partial charge in [0.2, 0.25) is 0 Å². The van der Waals surface area contributed by atoms with Gasteiger partial charge in [-0.2, -0.15) is 0 Å². The highest BCUT2D eigenvalue weighted by atomic mass is 16.6. The quantitative estimate of drug-likeness (QED) is 0.0806. The van der Waals surface area contributed by atoms with E-state index in [2.05, 4.69) is 0 Å². The second-order valence-electron chi connectivity index (χ2n) is 8.37. The monoisotopic (exact) mass is 514 g/mol. The van der Waals surface area contributed by atoms with Crippen LogP contribution < -0.4 is 4.74 Å². The maximum absolute atomic E-state index is 12.7. The van der Waals surface area contributed by atoms with Crippen molar-refractivity contribution in [2.75, 3.05) is 33.5 Å². The van der Waals surface area contributed by atoms with E-state index in [1.54, 1.807) is 24.3 Å². The molecule has 0 aliphatic carbocycles. The van der Waals surface area contributed by atoms with Crippen LogP contribution in [0.2, 0.25) is 0 Å². The van der Waals surface area contributed by atoms with Crippen LogP contribution in [0.15, 0.2) is 29.8 Å². The third-order valence-corrected chi connectivity index (χ3v) is 5.78. The first-order chi connectivity index (χ1) is 17.1. The van der Waals surface area contributed by atoms with Crippen molar-refractivity contribution >= 4 is 18.0 Å². The molecule has 0 radical (unpaired) electrons. The van der Waals surface area contributed by atoms with E-state index in [1.807, 2.05) is 0 Å². The van der Waals surface area contributed by atoms with Gasteiger partial charge < -0.3 is 54.3 Å². The van der Waals surface area contributed by atoms with Gasteiger partial charge in [0.25, 0.3) is 0 Å². The lowest BCUT2D eigenvalue weighted by atomic mass is 10.1. The lowest BCUT2D eigenvalue weighted by Crippen LogP contribution is -2.42. The van der Waals surface area contributed by atoms with Crippen molar-refractivity contribution in [3.8, 4) is 5.75 Å². The van der Waals surface area contributed by atoms with Crippen LogP contribution in [0.5, 0.6) is 5.75 Å². The lowest BCUT2D eigenvalue weighted by molar-refractivity contribution is -0.154. The van der Waals surface area contributed by atoms with Gasteiger partial charge in [-0.3, -0.25) is 0 Å². The van der Waals surface area contributed by atoms with E-state index in [4.69, 9.17) is 23.7 Å². The molecule has 13 heteroatoms. The zero-order chi connectivity index (χ0) is 26.4. The van der Waals surface area contributed by atoms with Gasteiger partial charge >= 0.3 is 11.9 Å². The predicted molar refractivity (Wildman–Crippen MR) is 118 cm³/mol. The molecule has 2 saturated heterocycles. The minimum atomic E-state index is -1.49. The molecule has 1 aromatic rings. The molecule has 3 rings (SSSR count). The number of esters is 2. The Kier molecular flexibility index (Phi) is 9.76. The van der Waals surface area contributed by atoms with Crippen molar-refractivity contribution in [1.29, 1.82) is 0 Å². The average Bonchev–Trinajstić information content (AvgIpc) is 3.39. The molecule has 1 aromatic carbocycles. The largest absolute Gasteiger partial charge is 0.497 e. The predicted octanol–water partition coefficient (Wildman–Crippen LogP) is -2.87. The molecule has 0 spiro atoms. The van der Waals surface area contributed by atoms with Crippen LogP contribution in [0.25, 0.3) is 6.08 Å². The Morgan fingerprint density at radius 3 is 1.69 bits per heavy atom. The summed E-state index contributed by atoms with van der Waals surface area (Å²) in [5, 5.41) is 59.1. The number of benzene rings is 1. The Hall–Kier alpha value is -2.62. The molecule has 0 aromatic heterocycles. The third kappa shape index (κ3) is 6.78. The zero-order valence-electron chi connectivity index (χ0n) is 19.4. The fourth-order valence-corrected chi connectivity index (χ4v) is 3.66. The molecule has 2 heterocycles. The number of aliphatic hydroxyl groups excluding tert-OH is 6. The minimum Gasteiger partial charge on any atom is -0.497 e. The van der Waals surface area contributed by atoms with Crippen molar-refractivity contribution < 1.29 is 63.9 Å². The summed E-state index contributed by atoms with van der Waals surface area (Å²) in [5.74, 6) is -1.82. The molecule has 8 atom stereocenters. The molecule has 8 unspecified atom stereocenters. The molecule has 13 nitrogen and oxygen atoms in total. The third-order valence-electron chi connectivity index (χ3n) is 5.78. The molecule has 0 saturated carbocycles. The number of ether oxygens (including phenoxy) is 5. The van der Waals surface area contributed by atoms with Crippen LogP contribution in [0.1, 0.15) is 5.56 Å². The van der Waals surface area contributed by atoms with Crippen molar-refractivity contribution in [2.45, 2.75) is 48.8 Å². The fraction of sp³-hybridized carbons (Fsp3) is 0.565. The maximum atomic E-state index is 12.7. The summed E-state index contributed by atoms with van der Waals surface area (Å²) in [5.41, 5.74) is -0.184. The van der Waals surface area contributed by atoms with E-state index in [-0.39, 0.29) is 13.2 Å². The van der Waals surface area contributed by atoms with Crippen LogP contribution >= 0.6 is 0 Å². The molecule has 6 N–H and O–H groups in total. The number of carbonyl (C=O) groups is 2. The second-order valence-corrected chi connectivity index (χ2v) is 8.37. The highest BCUT2D eigenvalue weighted by Crippen LogP contribution is 2.21. The molecule has 36 heavy (non-hydrogen) atoms. The molecule has 2 aliphatic heterocycles. The SMILES string of the molecule is COc1ccc(C=C(C(=O)OCC(O)C2OCC(O)C2O)C(=O)OCC(O)C2OCC(O)C2O)cc1. The summed E-state index contributed by atoms with van der Waals surface area (Å²) < 4.78 is 25.3. The molecular formula is C23H30O13. The molecule has 2 fully saturated rings. The number of carbonyl (C=O) groups excluding carboxylic acids is 2. The molecule has 2 aliphatic rings. The van der Waals surface area contributed by atoms with Crippen LogP contribution in [0, 0.1) is 0 Å². The number of hydrogen-bond acceptors (Lipinski definition) is 13. The Labute approximate surface area is 206 Å². The van der Waals surface area contributed by atoms with E-state index in [1.165, 1.54) is 7.11 Å². The Bertz CT molecular complexity index is 869. The summed E-state index contributed by atoms with van der Waals surface area (Å²) >= 11 is 0. The van der Waals surface area contributed by atoms with Gasteiger partial charge in [0.15, 0.2) is 0 Å². The smallest absolute Gasteiger partial charge is 0.345 e. The van der Waals surface area contributed by atoms with Gasteiger partial charge in [0.1, 0.15) is 73.4 Å². The van der Waals surface area contributed by atoms with Crippen molar-refractivity contribution in [3.05, 3.63) is 35.4 Å². The normalized spacial score (nSPS) is 29.3. The van der Waals surface area contributed by atoms with Gasteiger partial charge in [-0.15, -0.1) is 0 Å². The van der Waals surface area contributed by atoms with Gasteiger partial charge in [0.05, 0.1) is 20.3 Å². The van der Waals surface area contributed by atoms with Crippen LogP contribution in [-0.4, -0.2) is 125 Å². The van der Waals surface area contributed by atoms with Crippen LogP contribution in [-0.2, 0) is 28.5 Å². The minimum absolute atomic E-state index is 0.204. The molecule has 0 bridgehead atoms. The Morgan fingerprint density at radius 1 is 0.889 bits per heavy atom. The Morgan fingerprint density at radius 2 is 1.33 bits per heavy atom. The fourth-order valence-electron chi connectivity index (χ4n) is 3.66. The first-order valence-corrected chi connectivity index (χ1v) is 11.1. The van der Waals surface area contributed by atoms with E-state index in [0.29, 0.717) is 11.3 Å². The molecule has 200 valence electrons. The highest BCUT2D eigenvalue weighted by Gasteiger charge is 2.41. The number of aliphatic hydroxyl groups is 6. The first kappa shape index (κ1) is 28.0. The highest BCUT2D eigenvalue weighted by molar-refractivity contribution is 6.17. The van der Waals surface area contributed by atoms with Gasteiger partial charge in [-0.1, -0.05) is 12.1 Å². The summed E-state index contributed by atoms with van der Waals surface area (Å²) in [6.07, 6.45) is -9.38. The summed E-state index contributed by atoms with van der Waals surface area (Å²) in [4.78, 5) is 25.5. The second kappa shape index (κ2) is 12.6. The van der Waals surface area contributed by atoms with Crippen molar-refractivity contribution in [1.82, 2.24) is 0 Å². The molecule has 0 amide bonds. The first-order valence-electron chi connectivity index (χ1n) is 11.1. The van der Waals surface area contributed by atoms with E-state index >= 15 is 0 Å². The van der Waals surface area contributed by atoms with E-state index < -0.39 is 79.6 Å². The van der Waals surface area contributed by atoms with Crippen LogP contribution in [0.4, 0.5) is 0 Å².